The van der Waals surface area contributed by atoms with Crippen LogP contribution in [0.2, 0.25) is 0 Å². The van der Waals surface area contributed by atoms with Crippen molar-refractivity contribution in [1.82, 2.24) is 0 Å². The molecule has 1 aromatic carbocycles. The van der Waals surface area contributed by atoms with Gasteiger partial charge in [-0.25, -0.2) is 0 Å². The number of anilines is 1. The van der Waals surface area contributed by atoms with Gasteiger partial charge in [-0.15, -0.1) is 0 Å². The van der Waals surface area contributed by atoms with Crippen LogP contribution in [0.15, 0.2) is 18.2 Å². The normalized spacial score (nSPS) is 9.35. The van der Waals surface area contributed by atoms with Crippen molar-refractivity contribution >= 4 is 11.6 Å². The van der Waals surface area contributed by atoms with E-state index < -0.39 is 0 Å². The molecule has 17 heavy (non-hydrogen) atoms. The molecule has 0 saturated carbocycles. The fraction of sp³-hybridized carbons (Fsp3) is 0.357. The smallest absolute Gasteiger partial charge is 0.224 e. The second kappa shape index (κ2) is 6.72. The Morgan fingerprint density at radius 2 is 2.24 bits per heavy atom. The van der Waals surface area contributed by atoms with Crippen molar-refractivity contribution in [3.05, 3.63) is 29.3 Å². The lowest BCUT2D eigenvalue weighted by Gasteiger charge is -2.07. The summed E-state index contributed by atoms with van der Waals surface area (Å²) in [5, 5.41) is 11.5. The largest absolute Gasteiger partial charge is 0.395 e. The van der Waals surface area contributed by atoms with Gasteiger partial charge in [0.1, 0.15) is 0 Å². The fourth-order valence-corrected chi connectivity index (χ4v) is 1.32. The minimum atomic E-state index is -0.0270. The molecule has 3 heteroatoms. The zero-order valence-corrected chi connectivity index (χ0v) is 10.2. The summed E-state index contributed by atoms with van der Waals surface area (Å²) in [6.07, 6.45) is 0.881. The van der Waals surface area contributed by atoms with Gasteiger partial charge in [0, 0.05) is 18.4 Å². The summed E-state index contributed by atoms with van der Waals surface area (Å²) < 4.78 is 0. The van der Waals surface area contributed by atoms with Gasteiger partial charge in [-0.05, 0) is 24.6 Å². The highest BCUT2D eigenvalue weighted by Gasteiger charge is 2.03. The SMILES string of the molecule is CCC(=O)Nc1cc(C)ccc1C#CCCO. The summed E-state index contributed by atoms with van der Waals surface area (Å²) in [6.45, 7) is 3.82. The highest BCUT2D eigenvalue weighted by Crippen LogP contribution is 2.16. The number of hydrogen-bond donors (Lipinski definition) is 2. The van der Waals surface area contributed by atoms with Gasteiger partial charge in [0.15, 0.2) is 0 Å². The maximum atomic E-state index is 11.4. The van der Waals surface area contributed by atoms with Crippen LogP contribution < -0.4 is 5.32 Å². The molecule has 0 radical (unpaired) electrons. The lowest BCUT2D eigenvalue weighted by atomic mass is 10.1. The number of aryl methyl sites for hydroxylation is 1. The van der Waals surface area contributed by atoms with Crippen LogP contribution in [-0.4, -0.2) is 17.6 Å². The first-order valence-corrected chi connectivity index (χ1v) is 5.67. The monoisotopic (exact) mass is 231 g/mol. The Hall–Kier alpha value is -1.79. The average Bonchev–Trinajstić information content (AvgIpc) is 2.32. The first kappa shape index (κ1) is 13.3. The van der Waals surface area contributed by atoms with Crippen molar-refractivity contribution < 1.29 is 9.90 Å². The number of hydrogen-bond acceptors (Lipinski definition) is 2. The standard InChI is InChI=1S/C14H17NO2/c1-3-14(17)15-13-10-11(2)7-8-12(13)6-4-5-9-16/h7-8,10,16H,3,5,9H2,1-2H3,(H,15,17). The molecule has 0 heterocycles. The van der Waals surface area contributed by atoms with Crippen LogP contribution in [0, 0.1) is 18.8 Å². The maximum absolute atomic E-state index is 11.4. The number of amides is 1. The third-order valence-electron chi connectivity index (χ3n) is 2.23. The average molecular weight is 231 g/mol. The molecule has 0 unspecified atom stereocenters. The lowest BCUT2D eigenvalue weighted by Crippen LogP contribution is -2.10. The van der Waals surface area contributed by atoms with Gasteiger partial charge in [0.25, 0.3) is 0 Å². The van der Waals surface area contributed by atoms with Gasteiger partial charge in [-0.2, -0.15) is 0 Å². The molecule has 0 saturated heterocycles. The molecule has 3 nitrogen and oxygen atoms in total. The Balaban J connectivity index is 2.96. The number of rotatable bonds is 3. The highest BCUT2D eigenvalue weighted by atomic mass is 16.2. The van der Waals surface area contributed by atoms with Crippen molar-refractivity contribution in [2.75, 3.05) is 11.9 Å². The second-order valence-corrected chi connectivity index (χ2v) is 3.73. The van der Waals surface area contributed by atoms with Crippen LogP contribution >= 0.6 is 0 Å². The molecule has 0 bridgehead atoms. The van der Waals surface area contributed by atoms with Gasteiger partial charge in [-0.1, -0.05) is 24.8 Å². The molecule has 0 spiro atoms. The van der Waals surface area contributed by atoms with Crippen molar-refractivity contribution in [1.29, 1.82) is 0 Å². The van der Waals surface area contributed by atoms with Crippen LogP contribution in [0.25, 0.3) is 0 Å². The van der Waals surface area contributed by atoms with Gasteiger partial charge in [0.2, 0.25) is 5.91 Å². The number of aliphatic hydroxyl groups excluding tert-OH is 1. The molecule has 0 atom stereocenters. The highest BCUT2D eigenvalue weighted by molar-refractivity contribution is 5.92. The van der Waals surface area contributed by atoms with E-state index in [1.54, 1.807) is 0 Å². The Labute approximate surface area is 102 Å². The molecule has 0 aliphatic heterocycles. The summed E-state index contributed by atoms with van der Waals surface area (Å²) in [7, 11) is 0. The first-order chi connectivity index (χ1) is 8.17. The van der Waals surface area contributed by atoms with Crippen molar-refractivity contribution in [2.45, 2.75) is 26.7 Å². The van der Waals surface area contributed by atoms with Gasteiger partial charge in [-0.3, -0.25) is 4.79 Å². The molecule has 0 fully saturated rings. The van der Waals surface area contributed by atoms with Gasteiger partial charge < -0.3 is 10.4 Å². The third kappa shape index (κ3) is 4.29. The number of carbonyl (C=O) groups is 1. The van der Waals surface area contributed by atoms with Crippen LogP contribution in [0.3, 0.4) is 0 Å². The molecule has 1 amide bonds. The predicted octanol–water partition coefficient (Wildman–Crippen LogP) is 2.08. The van der Waals surface area contributed by atoms with Crippen LogP contribution in [0.5, 0.6) is 0 Å². The summed E-state index contributed by atoms with van der Waals surface area (Å²) in [5.74, 6) is 5.77. The van der Waals surface area contributed by atoms with E-state index in [1.807, 2.05) is 32.0 Å². The topological polar surface area (TPSA) is 49.3 Å². The van der Waals surface area contributed by atoms with E-state index >= 15 is 0 Å². The molecule has 0 aromatic heterocycles. The lowest BCUT2D eigenvalue weighted by molar-refractivity contribution is -0.115. The first-order valence-electron chi connectivity index (χ1n) is 5.67. The van der Waals surface area contributed by atoms with Crippen molar-refractivity contribution in [3.8, 4) is 11.8 Å². The van der Waals surface area contributed by atoms with Crippen LogP contribution in [0.1, 0.15) is 30.9 Å². The number of aliphatic hydroxyl groups is 1. The minimum absolute atomic E-state index is 0.0270. The number of nitrogens with one attached hydrogen (secondary N) is 1. The number of carbonyl (C=O) groups excluding carboxylic acids is 1. The molecule has 0 aliphatic rings. The molecular formula is C14H17NO2. The van der Waals surface area contributed by atoms with E-state index in [2.05, 4.69) is 17.2 Å². The van der Waals surface area contributed by atoms with Crippen molar-refractivity contribution in [3.63, 3.8) is 0 Å². The Morgan fingerprint density at radius 1 is 1.47 bits per heavy atom. The zero-order chi connectivity index (χ0) is 12.7. The van der Waals surface area contributed by atoms with Crippen molar-refractivity contribution in [2.24, 2.45) is 0 Å². The molecule has 1 aromatic rings. The zero-order valence-electron chi connectivity index (χ0n) is 10.2. The molecular weight excluding hydrogens is 214 g/mol. The Morgan fingerprint density at radius 3 is 2.88 bits per heavy atom. The summed E-state index contributed by atoms with van der Waals surface area (Å²) >= 11 is 0. The third-order valence-corrected chi connectivity index (χ3v) is 2.23. The predicted molar refractivity (Wildman–Crippen MR) is 68.7 cm³/mol. The molecule has 0 aliphatic carbocycles. The minimum Gasteiger partial charge on any atom is -0.395 e. The Kier molecular flexibility index (Phi) is 5.25. The quantitative estimate of drug-likeness (QED) is 0.782. The Bertz CT molecular complexity index is 455. The fourth-order valence-electron chi connectivity index (χ4n) is 1.32. The van der Waals surface area contributed by atoms with E-state index in [0.717, 1.165) is 16.8 Å². The van der Waals surface area contributed by atoms with Gasteiger partial charge in [0.05, 0.1) is 12.3 Å². The van der Waals surface area contributed by atoms with Crippen LogP contribution in [-0.2, 0) is 4.79 Å². The maximum Gasteiger partial charge on any atom is 0.224 e. The van der Waals surface area contributed by atoms with E-state index in [9.17, 15) is 4.79 Å². The summed E-state index contributed by atoms with van der Waals surface area (Å²) in [5.41, 5.74) is 2.59. The van der Waals surface area contributed by atoms with E-state index in [0.29, 0.717) is 12.8 Å². The van der Waals surface area contributed by atoms with E-state index in [1.165, 1.54) is 0 Å². The summed E-state index contributed by atoms with van der Waals surface area (Å²) in [6, 6.07) is 5.73. The summed E-state index contributed by atoms with van der Waals surface area (Å²) in [4.78, 5) is 11.4. The molecule has 1 rings (SSSR count). The van der Waals surface area contributed by atoms with Crippen LogP contribution in [0.4, 0.5) is 5.69 Å². The molecule has 90 valence electrons. The van der Waals surface area contributed by atoms with E-state index in [-0.39, 0.29) is 12.5 Å². The second-order valence-electron chi connectivity index (χ2n) is 3.73. The number of benzene rings is 1. The van der Waals surface area contributed by atoms with Gasteiger partial charge >= 0.3 is 0 Å². The van der Waals surface area contributed by atoms with E-state index in [4.69, 9.17) is 5.11 Å². The molecule has 2 N–H and O–H groups in total.